The number of hydrogen-bond acceptors (Lipinski definition) is 3. The first-order valence-corrected chi connectivity index (χ1v) is 7.71. The smallest absolute Gasteiger partial charge is 0.306 e. The predicted octanol–water partition coefficient (Wildman–Crippen LogP) is 3.52. The molecule has 1 aromatic rings. The van der Waals surface area contributed by atoms with Gasteiger partial charge in [-0.3, -0.25) is 4.79 Å². The number of anilines is 1. The minimum atomic E-state index is -0.842. The average molecular weight is 363 g/mol. The van der Waals surface area contributed by atoms with Crippen LogP contribution in [-0.4, -0.2) is 28.3 Å². The van der Waals surface area contributed by atoms with E-state index >= 15 is 0 Å². The molecule has 0 aliphatic heterocycles. The molecule has 0 saturated heterocycles. The molecule has 0 aromatic heterocycles. The topological polar surface area (TPSA) is 69.6 Å². The lowest BCUT2D eigenvalue weighted by molar-refractivity contribution is -0.144. The SMILES string of the molecule is O=C(O)C1CCC(O)(CNc2ccc(Cl)cc2Br)CC1. The summed E-state index contributed by atoms with van der Waals surface area (Å²) in [5.74, 6) is -1.09. The van der Waals surface area contributed by atoms with Gasteiger partial charge < -0.3 is 15.5 Å². The van der Waals surface area contributed by atoms with E-state index in [1.54, 1.807) is 12.1 Å². The fourth-order valence-electron chi connectivity index (χ4n) is 2.47. The molecule has 0 atom stereocenters. The fraction of sp³-hybridized carbons (Fsp3) is 0.500. The van der Waals surface area contributed by atoms with Crippen molar-refractivity contribution in [1.29, 1.82) is 0 Å². The largest absolute Gasteiger partial charge is 0.481 e. The summed E-state index contributed by atoms with van der Waals surface area (Å²) >= 11 is 9.29. The monoisotopic (exact) mass is 361 g/mol. The standard InChI is InChI=1S/C14H17BrClNO3/c15-11-7-10(16)1-2-12(11)17-8-14(20)5-3-9(4-6-14)13(18)19/h1-2,7,9,17,20H,3-6,8H2,(H,18,19). The van der Waals surface area contributed by atoms with Gasteiger partial charge in [0, 0.05) is 21.7 Å². The van der Waals surface area contributed by atoms with Crippen molar-refractivity contribution in [3.8, 4) is 0 Å². The van der Waals surface area contributed by atoms with Gasteiger partial charge in [0.15, 0.2) is 0 Å². The molecule has 0 spiro atoms. The first-order valence-electron chi connectivity index (χ1n) is 6.54. The van der Waals surface area contributed by atoms with Gasteiger partial charge in [-0.1, -0.05) is 11.6 Å². The van der Waals surface area contributed by atoms with Gasteiger partial charge in [0.05, 0.1) is 11.5 Å². The Morgan fingerprint density at radius 2 is 2.10 bits per heavy atom. The molecule has 2 rings (SSSR count). The molecule has 1 aliphatic carbocycles. The predicted molar refractivity (Wildman–Crippen MR) is 82.2 cm³/mol. The highest BCUT2D eigenvalue weighted by Gasteiger charge is 2.35. The second kappa shape index (κ2) is 6.33. The highest BCUT2D eigenvalue weighted by Crippen LogP contribution is 2.33. The molecular weight excluding hydrogens is 346 g/mol. The van der Waals surface area contributed by atoms with E-state index in [1.807, 2.05) is 6.07 Å². The molecule has 0 bridgehead atoms. The van der Waals surface area contributed by atoms with E-state index in [1.165, 1.54) is 0 Å². The third-order valence-electron chi connectivity index (χ3n) is 3.80. The summed E-state index contributed by atoms with van der Waals surface area (Å²) in [7, 11) is 0. The third kappa shape index (κ3) is 3.87. The summed E-state index contributed by atoms with van der Waals surface area (Å²) in [5.41, 5.74) is 0.0218. The summed E-state index contributed by atoms with van der Waals surface area (Å²) in [6.07, 6.45) is 2.05. The molecule has 0 unspecified atom stereocenters. The summed E-state index contributed by atoms with van der Waals surface area (Å²) in [6.45, 7) is 0.402. The maximum Gasteiger partial charge on any atom is 0.306 e. The van der Waals surface area contributed by atoms with Crippen molar-refractivity contribution in [1.82, 2.24) is 0 Å². The number of nitrogens with one attached hydrogen (secondary N) is 1. The van der Waals surface area contributed by atoms with Crippen LogP contribution in [0.3, 0.4) is 0 Å². The van der Waals surface area contributed by atoms with Crippen molar-refractivity contribution in [3.63, 3.8) is 0 Å². The van der Waals surface area contributed by atoms with E-state index in [0.717, 1.165) is 10.2 Å². The Bertz CT molecular complexity index is 501. The number of aliphatic carboxylic acids is 1. The van der Waals surface area contributed by atoms with Gasteiger partial charge >= 0.3 is 5.97 Å². The Morgan fingerprint density at radius 3 is 2.65 bits per heavy atom. The van der Waals surface area contributed by atoms with Gasteiger partial charge in [-0.05, 0) is 59.8 Å². The molecule has 1 aliphatic rings. The van der Waals surface area contributed by atoms with Crippen molar-refractivity contribution >= 4 is 39.2 Å². The molecule has 0 heterocycles. The Kier molecular flexibility index (Phi) is 4.94. The first-order chi connectivity index (χ1) is 9.39. The van der Waals surface area contributed by atoms with E-state index < -0.39 is 11.6 Å². The van der Waals surface area contributed by atoms with Gasteiger partial charge in [-0.15, -0.1) is 0 Å². The van der Waals surface area contributed by atoms with Crippen molar-refractivity contribution in [3.05, 3.63) is 27.7 Å². The number of hydrogen-bond donors (Lipinski definition) is 3. The molecule has 0 amide bonds. The summed E-state index contributed by atoms with van der Waals surface area (Å²) in [5, 5.41) is 23.3. The quantitative estimate of drug-likeness (QED) is 0.766. The molecule has 1 saturated carbocycles. The zero-order valence-electron chi connectivity index (χ0n) is 10.9. The van der Waals surface area contributed by atoms with Crippen LogP contribution in [0.2, 0.25) is 5.02 Å². The summed E-state index contributed by atoms with van der Waals surface area (Å²) in [6, 6.07) is 5.41. The van der Waals surface area contributed by atoms with Crippen molar-refractivity contribution in [2.45, 2.75) is 31.3 Å². The van der Waals surface area contributed by atoms with Crippen molar-refractivity contribution in [2.24, 2.45) is 5.92 Å². The molecule has 110 valence electrons. The number of carboxylic acid groups (broad SMARTS) is 1. The third-order valence-corrected chi connectivity index (χ3v) is 4.70. The van der Waals surface area contributed by atoms with Crippen molar-refractivity contribution < 1.29 is 15.0 Å². The van der Waals surface area contributed by atoms with Crippen LogP contribution in [0.1, 0.15) is 25.7 Å². The summed E-state index contributed by atoms with van der Waals surface area (Å²) < 4.78 is 0.841. The highest BCUT2D eigenvalue weighted by atomic mass is 79.9. The normalized spacial score (nSPS) is 26.2. The van der Waals surface area contributed by atoms with Gasteiger partial charge in [0.2, 0.25) is 0 Å². The van der Waals surface area contributed by atoms with Gasteiger partial charge in [0.1, 0.15) is 0 Å². The Hall–Kier alpha value is -0.780. The zero-order chi connectivity index (χ0) is 14.8. The summed E-state index contributed by atoms with van der Waals surface area (Å²) in [4.78, 5) is 10.9. The minimum Gasteiger partial charge on any atom is -0.481 e. The number of halogens is 2. The van der Waals surface area contributed by atoms with Crippen LogP contribution in [0.15, 0.2) is 22.7 Å². The second-order valence-corrected chi connectivity index (χ2v) is 6.61. The molecule has 1 fully saturated rings. The lowest BCUT2D eigenvalue weighted by Gasteiger charge is -2.35. The van der Waals surface area contributed by atoms with Crippen molar-refractivity contribution in [2.75, 3.05) is 11.9 Å². The molecule has 4 nitrogen and oxygen atoms in total. The first kappa shape index (κ1) is 15.6. The van der Waals surface area contributed by atoms with Crippen LogP contribution in [0.5, 0.6) is 0 Å². The Balaban J connectivity index is 1.92. The van der Waals surface area contributed by atoms with Crippen LogP contribution < -0.4 is 5.32 Å². The molecule has 0 radical (unpaired) electrons. The van der Waals surface area contributed by atoms with E-state index in [2.05, 4.69) is 21.2 Å². The number of carboxylic acids is 1. The lowest BCUT2D eigenvalue weighted by atomic mass is 9.79. The van der Waals surface area contributed by atoms with Gasteiger partial charge in [-0.2, -0.15) is 0 Å². The van der Waals surface area contributed by atoms with Crippen LogP contribution in [0.4, 0.5) is 5.69 Å². The maximum atomic E-state index is 10.9. The number of aliphatic hydroxyl groups is 1. The van der Waals surface area contributed by atoms with E-state index in [0.29, 0.717) is 37.3 Å². The minimum absolute atomic E-state index is 0.322. The highest BCUT2D eigenvalue weighted by molar-refractivity contribution is 9.10. The number of carbonyl (C=O) groups is 1. The molecular formula is C14H17BrClNO3. The van der Waals surface area contributed by atoms with E-state index in [4.69, 9.17) is 16.7 Å². The fourth-order valence-corrected chi connectivity index (χ4v) is 3.29. The molecule has 20 heavy (non-hydrogen) atoms. The van der Waals surface area contributed by atoms with Gasteiger partial charge in [0.25, 0.3) is 0 Å². The van der Waals surface area contributed by atoms with Crippen LogP contribution in [0.25, 0.3) is 0 Å². The van der Waals surface area contributed by atoms with E-state index in [-0.39, 0.29) is 5.92 Å². The maximum absolute atomic E-state index is 10.9. The molecule has 1 aromatic carbocycles. The van der Waals surface area contributed by atoms with Gasteiger partial charge in [-0.25, -0.2) is 0 Å². The van der Waals surface area contributed by atoms with Crippen LogP contribution in [0, 0.1) is 5.92 Å². The van der Waals surface area contributed by atoms with Crippen LogP contribution in [-0.2, 0) is 4.79 Å². The van der Waals surface area contributed by atoms with E-state index in [9.17, 15) is 9.90 Å². The Labute approximate surface area is 131 Å². The zero-order valence-corrected chi connectivity index (χ0v) is 13.2. The average Bonchev–Trinajstić information content (AvgIpc) is 2.38. The molecule has 6 heteroatoms. The molecule has 3 N–H and O–H groups in total. The number of rotatable bonds is 4. The lowest BCUT2D eigenvalue weighted by Crippen LogP contribution is -2.41. The van der Waals surface area contributed by atoms with Crippen LogP contribution >= 0.6 is 27.5 Å². The number of benzene rings is 1. The second-order valence-electron chi connectivity index (χ2n) is 5.31. The Morgan fingerprint density at radius 1 is 1.45 bits per heavy atom.